The van der Waals surface area contributed by atoms with Gasteiger partial charge in [0.05, 0.1) is 6.10 Å². The number of carbonyl (C=O) groups excluding carboxylic acids is 1. The zero-order valence-corrected chi connectivity index (χ0v) is 11.0. The summed E-state index contributed by atoms with van der Waals surface area (Å²) >= 11 is 0. The Labute approximate surface area is 108 Å². The quantitative estimate of drug-likeness (QED) is 0.864. The van der Waals surface area contributed by atoms with Crippen molar-refractivity contribution in [2.45, 2.75) is 32.8 Å². The van der Waals surface area contributed by atoms with Crippen LogP contribution in [0.15, 0.2) is 18.2 Å². The molecular formula is C14H20N2O2. The summed E-state index contributed by atoms with van der Waals surface area (Å²) < 4.78 is 5.45. The molecule has 2 rings (SSSR count). The van der Waals surface area contributed by atoms with Gasteiger partial charge < -0.3 is 15.4 Å². The Balaban J connectivity index is 1.82. The highest BCUT2D eigenvalue weighted by molar-refractivity contribution is 5.90. The SMILES string of the molecule is Cc1ccc(NC(=O)NCC2CCCO2)c(C)c1. The van der Waals surface area contributed by atoms with Crippen LogP contribution in [0.1, 0.15) is 24.0 Å². The van der Waals surface area contributed by atoms with Crippen LogP contribution in [0.25, 0.3) is 0 Å². The number of benzene rings is 1. The Hall–Kier alpha value is -1.55. The lowest BCUT2D eigenvalue weighted by molar-refractivity contribution is 0.112. The Morgan fingerprint density at radius 3 is 2.94 bits per heavy atom. The van der Waals surface area contributed by atoms with E-state index < -0.39 is 0 Å². The van der Waals surface area contributed by atoms with Crippen molar-refractivity contribution < 1.29 is 9.53 Å². The molecule has 1 unspecified atom stereocenters. The maximum absolute atomic E-state index is 11.7. The second kappa shape index (κ2) is 5.87. The largest absolute Gasteiger partial charge is 0.376 e. The number of hydrogen-bond donors (Lipinski definition) is 2. The predicted octanol–water partition coefficient (Wildman–Crippen LogP) is 2.60. The van der Waals surface area contributed by atoms with Crippen LogP contribution in [0.3, 0.4) is 0 Å². The van der Waals surface area contributed by atoms with Crippen LogP contribution in [0.2, 0.25) is 0 Å². The van der Waals surface area contributed by atoms with E-state index in [1.165, 1.54) is 5.56 Å². The first kappa shape index (κ1) is 12.9. The maximum Gasteiger partial charge on any atom is 0.319 e. The molecule has 2 amide bonds. The van der Waals surface area contributed by atoms with Gasteiger partial charge in [-0.25, -0.2) is 4.79 Å². The topological polar surface area (TPSA) is 50.4 Å². The minimum atomic E-state index is -0.169. The molecule has 0 radical (unpaired) electrons. The van der Waals surface area contributed by atoms with Crippen molar-refractivity contribution in [1.82, 2.24) is 5.32 Å². The first-order valence-electron chi connectivity index (χ1n) is 6.39. The van der Waals surface area contributed by atoms with Crippen LogP contribution in [0.5, 0.6) is 0 Å². The fraction of sp³-hybridized carbons (Fsp3) is 0.500. The average Bonchev–Trinajstić information content (AvgIpc) is 2.83. The van der Waals surface area contributed by atoms with E-state index in [0.717, 1.165) is 30.7 Å². The van der Waals surface area contributed by atoms with Crippen molar-refractivity contribution in [1.29, 1.82) is 0 Å². The molecule has 18 heavy (non-hydrogen) atoms. The third kappa shape index (κ3) is 3.47. The fourth-order valence-electron chi connectivity index (χ4n) is 2.13. The molecule has 0 spiro atoms. The van der Waals surface area contributed by atoms with Gasteiger partial charge in [-0.1, -0.05) is 17.7 Å². The Morgan fingerprint density at radius 2 is 2.28 bits per heavy atom. The number of nitrogens with one attached hydrogen (secondary N) is 2. The van der Waals surface area contributed by atoms with Crippen LogP contribution >= 0.6 is 0 Å². The van der Waals surface area contributed by atoms with Crippen LogP contribution in [-0.4, -0.2) is 25.3 Å². The summed E-state index contributed by atoms with van der Waals surface area (Å²) in [5.41, 5.74) is 3.12. The van der Waals surface area contributed by atoms with Crippen LogP contribution < -0.4 is 10.6 Å². The van der Waals surface area contributed by atoms with E-state index in [-0.39, 0.29) is 12.1 Å². The molecular weight excluding hydrogens is 228 g/mol. The van der Waals surface area contributed by atoms with E-state index in [9.17, 15) is 4.79 Å². The van der Waals surface area contributed by atoms with Gasteiger partial charge in [-0.3, -0.25) is 0 Å². The number of aryl methyl sites for hydroxylation is 2. The Kier molecular flexibility index (Phi) is 4.20. The molecule has 2 N–H and O–H groups in total. The van der Waals surface area contributed by atoms with Crippen molar-refractivity contribution in [3.05, 3.63) is 29.3 Å². The summed E-state index contributed by atoms with van der Waals surface area (Å²) in [7, 11) is 0. The molecule has 1 heterocycles. The molecule has 1 fully saturated rings. The monoisotopic (exact) mass is 248 g/mol. The Morgan fingerprint density at radius 1 is 1.44 bits per heavy atom. The van der Waals surface area contributed by atoms with Gasteiger partial charge in [-0.05, 0) is 38.3 Å². The first-order valence-corrected chi connectivity index (χ1v) is 6.39. The summed E-state index contributed by atoms with van der Waals surface area (Å²) in [6.45, 7) is 5.42. The number of rotatable bonds is 3. The highest BCUT2D eigenvalue weighted by Crippen LogP contribution is 2.16. The average molecular weight is 248 g/mol. The summed E-state index contributed by atoms with van der Waals surface area (Å²) in [6.07, 6.45) is 2.30. The van der Waals surface area contributed by atoms with Gasteiger partial charge >= 0.3 is 6.03 Å². The number of urea groups is 1. The lowest BCUT2D eigenvalue weighted by Crippen LogP contribution is -2.35. The number of amides is 2. The summed E-state index contributed by atoms with van der Waals surface area (Å²) in [6, 6.07) is 5.80. The van der Waals surface area contributed by atoms with E-state index in [2.05, 4.69) is 16.7 Å². The molecule has 1 aliphatic heterocycles. The molecule has 0 bridgehead atoms. The highest BCUT2D eigenvalue weighted by atomic mass is 16.5. The van der Waals surface area contributed by atoms with Gasteiger partial charge in [0, 0.05) is 18.8 Å². The number of carbonyl (C=O) groups is 1. The van der Waals surface area contributed by atoms with Crippen LogP contribution in [-0.2, 0) is 4.74 Å². The zero-order valence-electron chi connectivity index (χ0n) is 11.0. The molecule has 4 heteroatoms. The van der Waals surface area contributed by atoms with Crippen molar-refractivity contribution in [2.24, 2.45) is 0 Å². The molecule has 0 aromatic heterocycles. The molecule has 0 aliphatic carbocycles. The van der Waals surface area contributed by atoms with Crippen molar-refractivity contribution in [2.75, 3.05) is 18.5 Å². The lowest BCUT2D eigenvalue weighted by Gasteiger charge is -2.13. The molecule has 1 saturated heterocycles. The minimum absolute atomic E-state index is 0.169. The van der Waals surface area contributed by atoms with Crippen molar-refractivity contribution in [3.63, 3.8) is 0 Å². The van der Waals surface area contributed by atoms with Crippen LogP contribution in [0.4, 0.5) is 10.5 Å². The second-order valence-corrected chi connectivity index (χ2v) is 4.79. The predicted molar refractivity (Wildman–Crippen MR) is 71.9 cm³/mol. The third-order valence-electron chi connectivity index (χ3n) is 3.14. The van der Waals surface area contributed by atoms with Gasteiger partial charge in [-0.15, -0.1) is 0 Å². The molecule has 1 atom stereocenters. The van der Waals surface area contributed by atoms with Crippen molar-refractivity contribution >= 4 is 11.7 Å². The molecule has 1 aromatic carbocycles. The smallest absolute Gasteiger partial charge is 0.319 e. The summed E-state index contributed by atoms with van der Waals surface area (Å²) in [4.78, 5) is 11.7. The van der Waals surface area contributed by atoms with Crippen LogP contribution in [0, 0.1) is 13.8 Å². The standard InChI is InChI=1S/C14H20N2O2/c1-10-5-6-13(11(2)8-10)16-14(17)15-9-12-4-3-7-18-12/h5-6,8,12H,3-4,7,9H2,1-2H3,(H2,15,16,17). The van der Waals surface area contributed by atoms with Gasteiger partial charge in [-0.2, -0.15) is 0 Å². The maximum atomic E-state index is 11.7. The molecule has 1 aliphatic rings. The minimum Gasteiger partial charge on any atom is -0.376 e. The van der Waals surface area contributed by atoms with Gasteiger partial charge in [0.2, 0.25) is 0 Å². The molecule has 0 saturated carbocycles. The summed E-state index contributed by atoms with van der Waals surface area (Å²) in [5.74, 6) is 0. The third-order valence-corrected chi connectivity index (χ3v) is 3.14. The van der Waals surface area contributed by atoms with E-state index in [1.54, 1.807) is 0 Å². The Bertz CT molecular complexity index is 426. The molecule has 98 valence electrons. The van der Waals surface area contributed by atoms with E-state index in [4.69, 9.17) is 4.74 Å². The first-order chi connectivity index (χ1) is 8.65. The highest BCUT2D eigenvalue weighted by Gasteiger charge is 2.16. The fourth-order valence-corrected chi connectivity index (χ4v) is 2.13. The number of hydrogen-bond acceptors (Lipinski definition) is 2. The van der Waals surface area contributed by atoms with Gasteiger partial charge in [0.1, 0.15) is 0 Å². The molecule has 1 aromatic rings. The van der Waals surface area contributed by atoms with Gasteiger partial charge in [0.25, 0.3) is 0 Å². The second-order valence-electron chi connectivity index (χ2n) is 4.79. The van der Waals surface area contributed by atoms with E-state index >= 15 is 0 Å². The van der Waals surface area contributed by atoms with E-state index in [1.807, 2.05) is 26.0 Å². The normalized spacial score (nSPS) is 18.7. The zero-order chi connectivity index (χ0) is 13.0. The van der Waals surface area contributed by atoms with Crippen molar-refractivity contribution in [3.8, 4) is 0 Å². The number of ether oxygens (including phenoxy) is 1. The lowest BCUT2D eigenvalue weighted by atomic mass is 10.1. The molecule has 4 nitrogen and oxygen atoms in total. The summed E-state index contributed by atoms with van der Waals surface area (Å²) in [5, 5.41) is 5.70. The van der Waals surface area contributed by atoms with Gasteiger partial charge in [0.15, 0.2) is 0 Å². The van der Waals surface area contributed by atoms with E-state index in [0.29, 0.717) is 6.54 Å². The number of anilines is 1.